The zero-order valence-electron chi connectivity index (χ0n) is 21.6. The summed E-state index contributed by atoms with van der Waals surface area (Å²) in [5.41, 5.74) is 1.52. The average Bonchev–Trinajstić information content (AvgIpc) is 3.24. The molecule has 10 heteroatoms. The first-order valence-electron chi connectivity index (χ1n) is 12.9. The molecule has 2 aromatic carbocycles. The molecular formula is C29H32BrNO8. The molecule has 2 N–H and O–H groups in total. The van der Waals surface area contributed by atoms with E-state index >= 15 is 0 Å². The van der Waals surface area contributed by atoms with Gasteiger partial charge in [-0.25, -0.2) is 9.69 Å². The Bertz CT molecular complexity index is 1190. The lowest BCUT2D eigenvalue weighted by Gasteiger charge is -2.38. The topological polar surface area (TPSA) is 123 Å². The Kier molecular flexibility index (Phi) is 9.68. The highest BCUT2D eigenvalue weighted by Crippen LogP contribution is 2.39. The highest BCUT2D eigenvalue weighted by atomic mass is 79.9. The second-order valence-corrected chi connectivity index (χ2v) is 10.5. The van der Waals surface area contributed by atoms with Gasteiger partial charge in [0.15, 0.2) is 11.6 Å². The highest BCUT2D eigenvalue weighted by Gasteiger charge is 2.51. The van der Waals surface area contributed by atoms with Crippen LogP contribution in [0.2, 0.25) is 0 Å². The lowest BCUT2D eigenvalue weighted by molar-refractivity contribution is -0.218. The summed E-state index contributed by atoms with van der Waals surface area (Å²) >= 11 is 3.25. The number of hydrogen-bond donors (Lipinski definition) is 2. The van der Waals surface area contributed by atoms with Crippen molar-refractivity contribution in [3.05, 3.63) is 82.3 Å². The number of aliphatic hydroxyl groups excluding tert-OH is 1. The van der Waals surface area contributed by atoms with E-state index in [1.165, 1.54) is 6.08 Å². The summed E-state index contributed by atoms with van der Waals surface area (Å²) in [5.74, 6) is -4.11. The summed E-state index contributed by atoms with van der Waals surface area (Å²) < 4.78 is 17.0. The molecule has 0 bridgehead atoms. The Labute approximate surface area is 235 Å². The smallest absolute Gasteiger partial charge is 0.417 e. The Morgan fingerprint density at radius 3 is 2.44 bits per heavy atom. The largest absolute Gasteiger partial charge is 0.439 e. The van der Waals surface area contributed by atoms with Crippen LogP contribution in [0.25, 0.3) is 0 Å². The molecule has 0 aliphatic carbocycles. The van der Waals surface area contributed by atoms with E-state index in [4.69, 9.17) is 19.3 Å². The number of halogens is 1. The van der Waals surface area contributed by atoms with Crippen molar-refractivity contribution in [1.29, 1.82) is 0 Å². The maximum Gasteiger partial charge on any atom is 0.417 e. The third-order valence-corrected chi connectivity index (χ3v) is 7.75. The Balaban J connectivity index is 1.61. The SMILES string of the molecule is C[C@H]1[C@@H](c2ccccc2)OC(=O)N1C(=O)[C@@H](Cc1ccccc1)[C@@H]1O[C@](O)(CCCOCCO)C(Br)=CC1=O. The summed E-state index contributed by atoms with van der Waals surface area (Å²) in [5, 5.41) is 20.2. The van der Waals surface area contributed by atoms with E-state index in [1.807, 2.05) is 60.7 Å². The number of ketones is 1. The van der Waals surface area contributed by atoms with Crippen LogP contribution in [0.15, 0.2) is 71.2 Å². The van der Waals surface area contributed by atoms with Crippen LogP contribution < -0.4 is 0 Å². The number of hydrogen-bond acceptors (Lipinski definition) is 8. The third kappa shape index (κ3) is 6.64. The molecule has 9 nitrogen and oxygen atoms in total. The normalized spacial score (nSPS) is 25.8. The zero-order chi connectivity index (χ0) is 28.0. The lowest BCUT2D eigenvalue weighted by Crippen LogP contribution is -2.53. The molecule has 1 fully saturated rings. The van der Waals surface area contributed by atoms with E-state index in [9.17, 15) is 19.5 Å². The van der Waals surface area contributed by atoms with Crippen molar-refractivity contribution in [3.63, 3.8) is 0 Å². The minimum Gasteiger partial charge on any atom is -0.439 e. The Hall–Kier alpha value is -2.89. The molecule has 2 heterocycles. The van der Waals surface area contributed by atoms with Crippen LogP contribution >= 0.6 is 15.9 Å². The molecule has 2 aliphatic rings. The number of cyclic esters (lactones) is 1. The first-order valence-corrected chi connectivity index (χ1v) is 13.7. The van der Waals surface area contributed by atoms with Crippen molar-refractivity contribution in [2.45, 2.75) is 50.2 Å². The van der Waals surface area contributed by atoms with E-state index in [2.05, 4.69) is 15.9 Å². The molecule has 0 unspecified atom stereocenters. The predicted molar refractivity (Wildman–Crippen MR) is 145 cm³/mol. The molecule has 0 spiro atoms. The van der Waals surface area contributed by atoms with E-state index < -0.39 is 47.7 Å². The molecule has 5 atom stereocenters. The van der Waals surface area contributed by atoms with Gasteiger partial charge in [-0.05, 0) is 52.9 Å². The number of rotatable bonds is 11. The molecule has 2 aliphatic heterocycles. The number of carbonyl (C=O) groups excluding carboxylic acids is 3. The van der Waals surface area contributed by atoms with Gasteiger partial charge in [-0.15, -0.1) is 0 Å². The summed E-state index contributed by atoms with van der Waals surface area (Å²) in [6.07, 6.45) is -1.03. The van der Waals surface area contributed by atoms with Crippen LogP contribution in [0.5, 0.6) is 0 Å². The molecule has 4 rings (SSSR count). The summed E-state index contributed by atoms with van der Waals surface area (Å²) in [4.78, 5) is 41.3. The van der Waals surface area contributed by atoms with Crippen LogP contribution in [-0.4, -0.2) is 70.7 Å². The van der Waals surface area contributed by atoms with Crippen LogP contribution in [0, 0.1) is 5.92 Å². The van der Waals surface area contributed by atoms with E-state index in [-0.39, 0.29) is 37.1 Å². The fraction of sp³-hybridized carbons (Fsp3) is 0.414. The second kappa shape index (κ2) is 13.0. The number of nitrogens with zero attached hydrogens (tertiary/aromatic N) is 1. The van der Waals surface area contributed by atoms with Crippen LogP contribution in [-0.2, 0) is 30.2 Å². The van der Waals surface area contributed by atoms with Gasteiger partial charge >= 0.3 is 6.09 Å². The zero-order valence-corrected chi connectivity index (χ0v) is 23.2. The minimum atomic E-state index is -1.87. The second-order valence-electron chi connectivity index (χ2n) is 9.62. The fourth-order valence-electron chi connectivity index (χ4n) is 4.90. The molecule has 2 aromatic rings. The van der Waals surface area contributed by atoms with Gasteiger partial charge in [0.05, 0.1) is 29.7 Å². The number of benzene rings is 2. The monoisotopic (exact) mass is 601 g/mol. The maximum absolute atomic E-state index is 14.1. The van der Waals surface area contributed by atoms with Crippen molar-refractivity contribution in [1.82, 2.24) is 4.90 Å². The quantitative estimate of drug-likeness (QED) is 0.374. The molecule has 208 valence electrons. The summed E-state index contributed by atoms with van der Waals surface area (Å²) in [6.45, 7) is 2.03. The van der Waals surface area contributed by atoms with Gasteiger partial charge in [0.1, 0.15) is 12.2 Å². The van der Waals surface area contributed by atoms with Gasteiger partial charge in [-0.3, -0.25) is 9.59 Å². The van der Waals surface area contributed by atoms with Crippen molar-refractivity contribution >= 4 is 33.7 Å². The molecular weight excluding hydrogens is 570 g/mol. The first-order chi connectivity index (χ1) is 18.7. The molecule has 2 amide bonds. The van der Waals surface area contributed by atoms with E-state index in [1.54, 1.807) is 6.92 Å². The molecule has 0 saturated carbocycles. The van der Waals surface area contributed by atoms with Crippen molar-refractivity contribution < 1.29 is 38.8 Å². The molecule has 0 radical (unpaired) electrons. The summed E-state index contributed by atoms with van der Waals surface area (Å²) in [6, 6.07) is 17.6. The van der Waals surface area contributed by atoms with Gasteiger partial charge in [0.25, 0.3) is 0 Å². The van der Waals surface area contributed by atoms with Crippen molar-refractivity contribution in [2.24, 2.45) is 5.92 Å². The van der Waals surface area contributed by atoms with Gasteiger partial charge in [-0.1, -0.05) is 60.7 Å². The lowest BCUT2D eigenvalue weighted by atomic mass is 9.87. The third-order valence-electron chi connectivity index (χ3n) is 6.90. The molecule has 1 saturated heterocycles. The van der Waals surface area contributed by atoms with Crippen molar-refractivity contribution in [3.8, 4) is 0 Å². The number of amides is 2. The Morgan fingerprint density at radius 1 is 1.10 bits per heavy atom. The van der Waals surface area contributed by atoms with E-state index in [0.29, 0.717) is 6.42 Å². The number of ether oxygens (including phenoxy) is 3. The average molecular weight is 602 g/mol. The van der Waals surface area contributed by atoms with Crippen LogP contribution in [0.4, 0.5) is 4.79 Å². The number of imide groups is 1. The van der Waals surface area contributed by atoms with Crippen molar-refractivity contribution in [2.75, 3.05) is 19.8 Å². The molecule has 0 aromatic heterocycles. The fourth-order valence-corrected chi connectivity index (χ4v) is 5.42. The Morgan fingerprint density at radius 2 is 1.77 bits per heavy atom. The summed E-state index contributed by atoms with van der Waals surface area (Å²) in [7, 11) is 0. The van der Waals surface area contributed by atoms with Gasteiger partial charge in [0.2, 0.25) is 5.91 Å². The minimum absolute atomic E-state index is 0.0732. The number of carbonyl (C=O) groups is 3. The van der Waals surface area contributed by atoms with Gasteiger partial charge < -0.3 is 24.4 Å². The van der Waals surface area contributed by atoms with Crippen LogP contribution in [0.3, 0.4) is 0 Å². The highest BCUT2D eigenvalue weighted by molar-refractivity contribution is 9.11. The predicted octanol–water partition coefficient (Wildman–Crippen LogP) is 3.68. The van der Waals surface area contributed by atoms with Gasteiger partial charge in [0, 0.05) is 13.0 Å². The standard InChI is InChI=1S/C29H32BrNO8/c1-19-25(21-11-6-3-7-12-21)38-28(35)31(19)27(34)22(17-20-9-4-2-5-10-20)26-23(33)18-24(30)29(36,39-26)13-8-15-37-16-14-32/h2-7,9-12,18-19,22,25-26,32,36H,8,13-17H2,1H3/t19-,22-,25-,26-,29+/m0/s1. The number of aliphatic hydroxyl groups is 2. The maximum atomic E-state index is 14.1. The first kappa shape index (κ1) is 29.1. The molecule has 39 heavy (non-hydrogen) atoms. The van der Waals surface area contributed by atoms with Crippen LogP contribution in [0.1, 0.15) is 37.0 Å². The van der Waals surface area contributed by atoms with Gasteiger partial charge in [-0.2, -0.15) is 0 Å². The van der Waals surface area contributed by atoms with E-state index in [0.717, 1.165) is 16.0 Å².